The summed E-state index contributed by atoms with van der Waals surface area (Å²) in [6.45, 7) is 3.10. The van der Waals surface area contributed by atoms with E-state index >= 15 is 0 Å². The number of nitrogens with zero attached hydrogens (tertiary/aromatic N) is 3. The number of imidazole rings is 1. The molecule has 1 aliphatic rings. The van der Waals surface area contributed by atoms with Crippen LogP contribution in [0.2, 0.25) is 0 Å². The molecule has 4 nitrogen and oxygen atoms in total. The fourth-order valence-electron chi connectivity index (χ4n) is 4.89. The molecule has 1 unspecified atom stereocenters. The van der Waals surface area contributed by atoms with Crippen molar-refractivity contribution in [3.63, 3.8) is 0 Å². The number of fused-ring (bicyclic) bond motifs is 1. The van der Waals surface area contributed by atoms with Gasteiger partial charge in [-0.1, -0.05) is 25.8 Å². The van der Waals surface area contributed by atoms with Crippen LogP contribution in [-0.4, -0.2) is 39.1 Å². The third kappa shape index (κ3) is 4.08. The largest absolute Gasteiger partial charge is 0.355 e. The molecule has 0 fully saturated rings. The zero-order valence-electron chi connectivity index (χ0n) is 18.4. The minimum Gasteiger partial charge on any atom is -0.355 e. The molecule has 0 amide bonds. The monoisotopic (exact) mass is 408 g/mol. The van der Waals surface area contributed by atoms with E-state index in [0.717, 1.165) is 43.1 Å². The molecule has 0 radical (unpaired) electrons. The van der Waals surface area contributed by atoms with Crippen LogP contribution < -0.4 is 0 Å². The molecule has 160 valence electrons. The van der Waals surface area contributed by atoms with E-state index in [4.69, 9.17) is 0 Å². The fourth-order valence-corrected chi connectivity index (χ4v) is 4.89. The summed E-state index contributed by atoms with van der Waals surface area (Å²) in [6.07, 6.45) is 15.9. The van der Waals surface area contributed by atoms with E-state index in [9.17, 15) is 4.39 Å². The quantitative estimate of drug-likeness (QED) is 0.511. The Kier molecular flexibility index (Phi) is 6.09. The highest BCUT2D eigenvalue weighted by Crippen LogP contribution is 2.40. The molecular formula is C25H33FN4. The van der Waals surface area contributed by atoms with E-state index in [2.05, 4.69) is 46.5 Å². The molecule has 4 rings (SSSR count). The summed E-state index contributed by atoms with van der Waals surface area (Å²) in [5, 5.41) is 1.00. The summed E-state index contributed by atoms with van der Waals surface area (Å²) in [5.74, 6) is -0.180. The fraction of sp³-hybridized carbons (Fsp3) is 0.480. The van der Waals surface area contributed by atoms with Gasteiger partial charge in [-0.25, -0.2) is 9.37 Å². The number of benzene rings is 1. The van der Waals surface area contributed by atoms with Crippen molar-refractivity contribution >= 4 is 16.5 Å². The third-order valence-corrected chi connectivity index (χ3v) is 6.90. The summed E-state index contributed by atoms with van der Waals surface area (Å²) in [6, 6.07) is 5.08. The van der Waals surface area contributed by atoms with Crippen LogP contribution in [0.3, 0.4) is 0 Å². The lowest BCUT2D eigenvalue weighted by Gasteiger charge is -2.42. The van der Waals surface area contributed by atoms with Crippen molar-refractivity contribution in [2.45, 2.75) is 64.0 Å². The van der Waals surface area contributed by atoms with Gasteiger partial charge in [0.25, 0.3) is 0 Å². The van der Waals surface area contributed by atoms with E-state index < -0.39 is 0 Å². The molecule has 0 saturated carbocycles. The lowest BCUT2D eigenvalue weighted by Crippen LogP contribution is -2.45. The van der Waals surface area contributed by atoms with Gasteiger partial charge in [-0.15, -0.1) is 0 Å². The van der Waals surface area contributed by atoms with E-state index in [1.807, 2.05) is 18.6 Å². The van der Waals surface area contributed by atoms with E-state index in [1.54, 1.807) is 18.3 Å². The molecule has 30 heavy (non-hydrogen) atoms. The summed E-state index contributed by atoms with van der Waals surface area (Å²) in [7, 11) is 4.44. The zero-order valence-corrected chi connectivity index (χ0v) is 18.4. The molecule has 5 heteroatoms. The van der Waals surface area contributed by atoms with Crippen LogP contribution >= 0.6 is 0 Å². The first-order valence-corrected chi connectivity index (χ1v) is 11.1. The maximum atomic E-state index is 14.0. The van der Waals surface area contributed by atoms with Gasteiger partial charge in [-0.3, -0.25) is 0 Å². The Morgan fingerprint density at radius 2 is 2.17 bits per heavy atom. The minimum atomic E-state index is -0.180. The number of H-pyrrole nitrogens is 1. The topological polar surface area (TPSA) is 36.9 Å². The zero-order chi connectivity index (χ0) is 21.1. The van der Waals surface area contributed by atoms with Crippen LogP contribution in [0.1, 0.15) is 56.7 Å². The first-order valence-electron chi connectivity index (χ1n) is 11.1. The van der Waals surface area contributed by atoms with Crippen LogP contribution in [0, 0.1) is 5.82 Å². The van der Waals surface area contributed by atoms with E-state index in [-0.39, 0.29) is 11.4 Å². The van der Waals surface area contributed by atoms with Crippen LogP contribution in [0.15, 0.2) is 43.0 Å². The van der Waals surface area contributed by atoms with Crippen LogP contribution in [0.4, 0.5) is 4.39 Å². The molecule has 1 aromatic carbocycles. The first-order chi connectivity index (χ1) is 14.5. The maximum Gasteiger partial charge on any atom is 0.123 e. The third-order valence-electron chi connectivity index (χ3n) is 6.90. The van der Waals surface area contributed by atoms with E-state index in [1.165, 1.54) is 36.1 Å². The van der Waals surface area contributed by atoms with Crippen molar-refractivity contribution in [1.29, 1.82) is 0 Å². The highest BCUT2D eigenvalue weighted by atomic mass is 19.1. The summed E-state index contributed by atoms with van der Waals surface area (Å²) < 4.78 is 16.1. The van der Waals surface area contributed by atoms with Crippen molar-refractivity contribution in [2.75, 3.05) is 14.1 Å². The molecule has 0 bridgehead atoms. The second kappa shape index (κ2) is 8.76. The Morgan fingerprint density at radius 3 is 2.83 bits per heavy atom. The number of aryl methyl sites for hydroxylation is 2. The number of aromatic amines is 1. The minimum absolute atomic E-state index is 0.180. The lowest BCUT2D eigenvalue weighted by atomic mass is 9.77. The maximum absolute atomic E-state index is 14.0. The number of allylic oxidation sites excluding steroid dienone is 1. The number of hydrogen-bond donors (Lipinski definition) is 1. The molecule has 1 atom stereocenters. The molecule has 1 N–H and O–H groups in total. The van der Waals surface area contributed by atoms with Crippen LogP contribution in [0.5, 0.6) is 0 Å². The van der Waals surface area contributed by atoms with Crippen LogP contribution in [-0.2, 0) is 13.0 Å². The van der Waals surface area contributed by atoms with Crippen molar-refractivity contribution in [2.24, 2.45) is 0 Å². The van der Waals surface area contributed by atoms with Gasteiger partial charge in [-0.05, 0) is 75.5 Å². The van der Waals surface area contributed by atoms with Crippen molar-refractivity contribution in [3.8, 4) is 0 Å². The van der Waals surface area contributed by atoms with Gasteiger partial charge >= 0.3 is 0 Å². The SMILES string of the molecule is CCCCC1(N(C)C)CC=C(c2[nH]c3ccc(F)cc3c2CCn2ccnc2)CC1. The summed E-state index contributed by atoms with van der Waals surface area (Å²) in [4.78, 5) is 10.2. The highest BCUT2D eigenvalue weighted by molar-refractivity contribution is 5.89. The van der Waals surface area contributed by atoms with Gasteiger partial charge in [0.05, 0.1) is 6.33 Å². The number of hydrogen-bond acceptors (Lipinski definition) is 2. The molecule has 3 aromatic rings. The Balaban J connectivity index is 1.67. The molecule has 0 saturated heterocycles. The van der Waals surface area contributed by atoms with Crippen molar-refractivity contribution in [3.05, 3.63) is 60.1 Å². The average molecular weight is 409 g/mol. The Hall–Kier alpha value is -2.40. The molecule has 1 aliphatic carbocycles. The number of unbranched alkanes of at least 4 members (excludes halogenated alkanes) is 1. The van der Waals surface area contributed by atoms with Gasteiger partial charge in [0.15, 0.2) is 0 Å². The molecular weight excluding hydrogens is 375 g/mol. The van der Waals surface area contributed by atoms with Gasteiger partial charge in [-0.2, -0.15) is 0 Å². The average Bonchev–Trinajstić information content (AvgIpc) is 3.38. The number of rotatable bonds is 8. The second-order valence-electron chi connectivity index (χ2n) is 8.87. The Morgan fingerprint density at radius 1 is 1.30 bits per heavy atom. The summed E-state index contributed by atoms with van der Waals surface area (Å²) >= 11 is 0. The molecule has 2 heterocycles. The Bertz CT molecular complexity index is 1020. The first kappa shape index (κ1) is 20.9. The molecule has 0 spiro atoms. The van der Waals surface area contributed by atoms with Gasteiger partial charge in [0.2, 0.25) is 0 Å². The van der Waals surface area contributed by atoms with Gasteiger partial charge < -0.3 is 14.5 Å². The van der Waals surface area contributed by atoms with Crippen molar-refractivity contribution < 1.29 is 4.39 Å². The predicted molar refractivity (Wildman–Crippen MR) is 122 cm³/mol. The highest BCUT2D eigenvalue weighted by Gasteiger charge is 2.34. The number of nitrogens with one attached hydrogen (secondary N) is 1. The lowest BCUT2D eigenvalue weighted by molar-refractivity contribution is 0.124. The number of aromatic nitrogens is 3. The Labute approximate surface area is 178 Å². The smallest absolute Gasteiger partial charge is 0.123 e. The van der Waals surface area contributed by atoms with Gasteiger partial charge in [0.1, 0.15) is 5.82 Å². The normalized spacial score (nSPS) is 19.6. The number of halogens is 1. The van der Waals surface area contributed by atoms with Crippen molar-refractivity contribution in [1.82, 2.24) is 19.4 Å². The molecule has 0 aliphatic heterocycles. The summed E-state index contributed by atoms with van der Waals surface area (Å²) in [5.41, 5.74) is 5.06. The van der Waals surface area contributed by atoms with E-state index in [0.29, 0.717) is 0 Å². The second-order valence-corrected chi connectivity index (χ2v) is 8.87. The molecule has 2 aromatic heterocycles. The van der Waals surface area contributed by atoms with Crippen LogP contribution in [0.25, 0.3) is 16.5 Å². The standard InChI is InChI=1S/C25H33FN4/c1-4-5-11-25(29(2)3)12-8-19(9-13-25)24-21(10-15-30-16-14-27-18-30)22-17-20(26)6-7-23(22)28-24/h6-8,14,16-18,28H,4-5,9-13,15H2,1-3H3. The predicted octanol–water partition coefficient (Wildman–Crippen LogP) is 5.80. The van der Waals surface area contributed by atoms with Gasteiger partial charge in [0, 0.05) is 41.1 Å².